The van der Waals surface area contributed by atoms with E-state index in [0.717, 1.165) is 12.8 Å². The molecule has 1 heteroatoms. The Bertz CT molecular complexity index is 86.3. The molecule has 0 bridgehead atoms. The zero-order chi connectivity index (χ0) is 6.24. The first-order valence-electron chi connectivity index (χ1n) is 2.82. The van der Waals surface area contributed by atoms with Crippen molar-refractivity contribution < 1.29 is 0 Å². The van der Waals surface area contributed by atoms with Gasteiger partial charge < -0.3 is 0 Å². The van der Waals surface area contributed by atoms with Gasteiger partial charge in [0.25, 0.3) is 0 Å². The van der Waals surface area contributed by atoms with Gasteiger partial charge in [0.1, 0.15) is 0 Å². The van der Waals surface area contributed by atoms with E-state index in [0.29, 0.717) is 0 Å². The van der Waals surface area contributed by atoms with Crippen LogP contribution in [0.1, 0.15) is 26.2 Å². The van der Waals surface area contributed by atoms with Crippen LogP contribution in [-0.2, 0) is 0 Å². The summed E-state index contributed by atoms with van der Waals surface area (Å²) in [5.74, 6) is 2.99. The average Bonchev–Trinajstić information content (AvgIpc) is 1.81. The zero-order valence-corrected chi connectivity index (χ0v) is 7.23. The smallest absolute Gasteiger partial charge is 0.0181 e. The second-order valence-electron chi connectivity index (χ2n) is 1.51. The van der Waals surface area contributed by atoms with Gasteiger partial charge in [-0.2, -0.15) is 0 Å². The monoisotopic (exact) mass is 221 g/mol. The molecule has 0 amide bonds. The maximum atomic E-state index is 2.99. The van der Waals surface area contributed by atoms with E-state index >= 15 is 0 Å². The van der Waals surface area contributed by atoms with E-state index in [9.17, 15) is 0 Å². The lowest BCUT2D eigenvalue weighted by Crippen LogP contribution is -1.70. The molecule has 0 nitrogen and oxygen atoms in total. The van der Waals surface area contributed by atoms with Crippen LogP contribution in [0.5, 0.6) is 0 Å². The molecule has 0 rings (SSSR count). The predicted octanol–water partition coefficient (Wildman–Crippen LogP) is 2.78. The Kier molecular flexibility index (Phi) is 7.55. The number of rotatable bonds is 3. The largest absolute Gasteiger partial charge is 0.0919 e. The highest BCUT2D eigenvalue weighted by Crippen LogP contribution is 1.95. The van der Waals surface area contributed by atoms with Gasteiger partial charge >= 0.3 is 0 Å². The van der Waals surface area contributed by atoms with Gasteiger partial charge in [0.05, 0.1) is 0 Å². The lowest BCUT2D eigenvalue weighted by atomic mass is 10.2. The lowest BCUT2D eigenvalue weighted by molar-refractivity contribution is 0.916. The molecule has 0 saturated heterocycles. The van der Waals surface area contributed by atoms with Gasteiger partial charge in [-0.05, 0) is 16.8 Å². The van der Waals surface area contributed by atoms with E-state index < -0.39 is 0 Å². The van der Waals surface area contributed by atoms with Crippen molar-refractivity contribution in [3.05, 3.63) is 6.42 Å². The van der Waals surface area contributed by atoms with Crippen molar-refractivity contribution in [2.75, 3.05) is 0 Å². The van der Waals surface area contributed by atoms with Crippen molar-refractivity contribution in [1.29, 1.82) is 0 Å². The molecular weight excluding hydrogens is 211 g/mol. The number of unbranched alkanes of at least 4 members (excludes halogenated alkanes) is 3. The molecule has 1 radical (unpaired) electrons. The van der Waals surface area contributed by atoms with Crippen LogP contribution >= 0.6 is 22.6 Å². The third kappa shape index (κ3) is 6.29. The molecule has 8 heavy (non-hydrogen) atoms. The Labute approximate surface area is 65.2 Å². The van der Waals surface area contributed by atoms with Gasteiger partial charge in [0.2, 0.25) is 0 Å². The fourth-order valence-corrected chi connectivity index (χ4v) is 0.695. The molecule has 0 saturated carbocycles. The average molecular weight is 221 g/mol. The number of hydrogen-bond donors (Lipinski definition) is 0. The third-order valence-electron chi connectivity index (χ3n) is 0.829. The van der Waals surface area contributed by atoms with E-state index in [1.807, 2.05) is 0 Å². The molecule has 0 atom stereocenters. The summed E-state index contributed by atoms with van der Waals surface area (Å²) in [6.45, 7) is 2.15. The Morgan fingerprint density at radius 1 is 1.62 bits per heavy atom. The number of halogens is 1. The molecule has 0 aromatic carbocycles. The summed E-state index contributed by atoms with van der Waals surface area (Å²) < 4.78 is 2.83. The Morgan fingerprint density at radius 2 is 2.38 bits per heavy atom. The molecule has 0 fully saturated rings. The predicted molar refractivity (Wildman–Crippen MR) is 45.6 cm³/mol. The van der Waals surface area contributed by atoms with E-state index in [1.165, 1.54) is 6.42 Å². The molecular formula is C7H10I. The molecule has 45 valence electrons. The fraction of sp³-hybridized carbons (Fsp3) is 0.571. The summed E-state index contributed by atoms with van der Waals surface area (Å²) in [5, 5.41) is 0. The summed E-state index contributed by atoms with van der Waals surface area (Å²) in [7, 11) is 0. The fourth-order valence-electron chi connectivity index (χ4n) is 0.426. The van der Waals surface area contributed by atoms with E-state index in [-0.39, 0.29) is 0 Å². The Balaban J connectivity index is 2.79. The molecule has 0 aliphatic carbocycles. The molecule has 0 aromatic heterocycles. The van der Waals surface area contributed by atoms with Crippen LogP contribution in [0.3, 0.4) is 0 Å². The molecule has 0 unspecified atom stereocenters. The standard InChI is InChI=1S/C7H10I/c1-2-3-4-5-6-7-8/h3H,2,4-5H2,1H3. The van der Waals surface area contributed by atoms with Crippen molar-refractivity contribution >= 4 is 22.6 Å². The summed E-state index contributed by atoms with van der Waals surface area (Å²) in [6, 6.07) is 0. The maximum Gasteiger partial charge on any atom is 0.0181 e. The van der Waals surface area contributed by atoms with Crippen molar-refractivity contribution in [2.45, 2.75) is 26.2 Å². The Morgan fingerprint density at radius 3 is 2.88 bits per heavy atom. The van der Waals surface area contributed by atoms with Gasteiger partial charge in [0.15, 0.2) is 0 Å². The van der Waals surface area contributed by atoms with Crippen LogP contribution in [-0.4, -0.2) is 0 Å². The molecule has 0 heterocycles. The highest BCUT2D eigenvalue weighted by Gasteiger charge is 1.79. The molecule has 0 aliphatic rings. The van der Waals surface area contributed by atoms with Crippen LogP contribution in [0.15, 0.2) is 0 Å². The maximum absolute atomic E-state index is 2.99. The zero-order valence-electron chi connectivity index (χ0n) is 5.08. The summed E-state index contributed by atoms with van der Waals surface area (Å²) in [5.41, 5.74) is 0. The Hall–Kier alpha value is 0.290. The van der Waals surface area contributed by atoms with E-state index in [1.54, 1.807) is 0 Å². The minimum absolute atomic E-state index is 1.02. The minimum Gasteiger partial charge on any atom is -0.0919 e. The summed E-state index contributed by atoms with van der Waals surface area (Å²) >= 11 is 2.06. The van der Waals surface area contributed by atoms with Gasteiger partial charge in [-0.3, -0.25) is 0 Å². The van der Waals surface area contributed by atoms with Gasteiger partial charge in [-0.25, -0.2) is 0 Å². The van der Waals surface area contributed by atoms with Crippen LogP contribution < -0.4 is 0 Å². The van der Waals surface area contributed by atoms with Gasteiger partial charge in [0, 0.05) is 29.0 Å². The van der Waals surface area contributed by atoms with Crippen LogP contribution in [0.2, 0.25) is 0 Å². The van der Waals surface area contributed by atoms with Crippen LogP contribution in [0.25, 0.3) is 0 Å². The molecule has 0 spiro atoms. The van der Waals surface area contributed by atoms with Gasteiger partial charge in [-0.15, -0.1) is 0 Å². The van der Waals surface area contributed by atoms with E-state index in [2.05, 4.69) is 45.8 Å². The normalized spacial score (nSPS) is 7.75. The van der Waals surface area contributed by atoms with Crippen molar-refractivity contribution in [1.82, 2.24) is 0 Å². The first kappa shape index (κ1) is 8.29. The van der Waals surface area contributed by atoms with Crippen molar-refractivity contribution in [3.63, 3.8) is 0 Å². The molecule has 0 N–H and O–H groups in total. The minimum atomic E-state index is 1.02. The molecule has 0 aromatic rings. The quantitative estimate of drug-likeness (QED) is 0.390. The first-order chi connectivity index (χ1) is 3.91. The van der Waals surface area contributed by atoms with Gasteiger partial charge in [-0.1, -0.05) is 19.3 Å². The molecule has 0 aliphatic heterocycles. The topological polar surface area (TPSA) is 0 Å². The van der Waals surface area contributed by atoms with Crippen LogP contribution in [0, 0.1) is 16.3 Å². The number of hydrogen-bond acceptors (Lipinski definition) is 0. The van der Waals surface area contributed by atoms with Crippen molar-refractivity contribution in [2.24, 2.45) is 0 Å². The first-order valence-corrected chi connectivity index (χ1v) is 3.89. The van der Waals surface area contributed by atoms with E-state index in [4.69, 9.17) is 0 Å². The van der Waals surface area contributed by atoms with Crippen LogP contribution in [0.4, 0.5) is 0 Å². The SMILES string of the molecule is CC[CH]CCC#CI. The highest BCUT2D eigenvalue weighted by atomic mass is 127. The third-order valence-corrected chi connectivity index (χ3v) is 1.21. The second-order valence-corrected chi connectivity index (χ2v) is 2.05. The summed E-state index contributed by atoms with van der Waals surface area (Å²) in [6.07, 6.45) is 5.59. The summed E-state index contributed by atoms with van der Waals surface area (Å²) in [4.78, 5) is 0. The second kappa shape index (κ2) is 7.29. The lowest BCUT2D eigenvalue weighted by Gasteiger charge is -1.86. The van der Waals surface area contributed by atoms with Crippen molar-refractivity contribution in [3.8, 4) is 9.85 Å². The highest BCUT2D eigenvalue weighted by molar-refractivity contribution is 14.1.